The third-order valence-corrected chi connectivity index (χ3v) is 4.23. The standard InChI is InChI=1S/C19H25ClN6/c1-6-25(16-10-11-21-17(20)23-16)13-8-9-15-14(12-13)22-18(26(15)7-2)24-19(3,4)5/h8-12H,6-7H2,1-5H3,(H,22,24). The van der Waals surface area contributed by atoms with Crippen LogP contribution in [0.4, 0.5) is 17.5 Å². The first kappa shape index (κ1) is 18.5. The van der Waals surface area contributed by atoms with Crippen molar-refractivity contribution in [2.24, 2.45) is 0 Å². The molecule has 0 bridgehead atoms. The average molecular weight is 373 g/mol. The minimum absolute atomic E-state index is 0.0513. The minimum atomic E-state index is -0.0513. The zero-order chi connectivity index (χ0) is 18.9. The number of benzene rings is 1. The van der Waals surface area contributed by atoms with E-state index in [2.05, 4.69) is 77.6 Å². The van der Waals surface area contributed by atoms with Crippen LogP contribution in [0.15, 0.2) is 30.5 Å². The van der Waals surface area contributed by atoms with Gasteiger partial charge < -0.3 is 14.8 Å². The summed E-state index contributed by atoms with van der Waals surface area (Å²) in [6.07, 6.45) is 1.67. The monoisotopic (exact) mass is 372 g/mol. The fraction of sp³-hybridized carbons (Fsp3) is 0.421. The van der Waals surface area contributed by atoms with E-state index in [-0.39, 0.29) is 10.8 Å². The molecule has 7 heteroatoms. The maximum Gasteiger partial charge on any atom is 0.224 e. The fourth-order valence-corrected chi connectivity index (χ4v) is 3.13. The predicted octanol–water partition coefficient (Wildman–Crippen LogP) is 4.87. The maximum absolute atomic E-state index is 5.96. The summed E-state index contributed by atoms with van der Waals surface area (Å²) in [5.74, 6) is 1.66. The lowest BCUT2D eigenvalue weighted by molar-refractivity contribution is 0.615. The first-order valence-corrected chi connectivity index (χ1v) is 9.24. The third kappa shape index (κ3) is 3.75. The smallest absolute Gasteiger partial charge is 0.224 e. The van der Waals surface area contributed by atoms with Gasteiger partial charge in [0.1, 0.15) is 5.82 Å². The number of anilines is 3. The van der Waals surface area contributed by atoms with Gasteiger partial charge in [-0.15, -0.1) is 0 Å². The highest BCUT2D eigenvalue weighted by atomic mass is 35.5. The maximum atomic E-state index is 5.96. The molecule has 26 heavy (non-hydrogen) atoms. The molecule has 0 fully saturated rings. The number of halogens is 1. The quantitative estimate of drug-likeness (QED) is 0.647. The highest BCUT2D eigenvalue weighted by Gasteiger charge is 2.17. The van der Waals surface area contributed by atoms with Gasteiger partial charge in [-0.3, -0.25) is 0 Å². The van der Waals surface area contributed by atoms with E-state index in [1.165, 1.54) is 0 Å². The summed E-state index contributed by atoms with van der Waals surface area (Å²) in [6.45, 7) is 12.2. The molecule has 0 radical (unpaired) electrons. The van der Waals surface area contributed by atoms with Gasteiger partial charge in [-0.25, -0.2) is 15.0 Å². The van der Waals surface area contributed by atoms with Crippen molar-refractivity contribution in [3.63, 3.8) is 0 Å². The lowest BCUT2D eigenvalue weighted by Gasteiger charge is -2.22. The number of nitrogens with one attached hydrogen (secondary N) is 1. The Morgan fingerprint density at radius 3 is 2.54 bits per heavy atom. The number of imidazole rings is 1. The Kier molecular flexibility index (Phi) is 5.05. The topological polar surface area (TPSA) is 58.9 Å². The van der Waals surface area contributed by atoms with Crippen LogP contribution in [0, 0.1) is 0 Å². The molecule has 6 nitrogen and oxygen atoms in total. The molecule has 1 N–H and O–H groups in total. The van der Waals surface area contributed by atoms with E-state index in [1.54, 1.807) is 6.20 Å². The van der Waals surface area contributed by atoms with Gasteiger partial charge in [0.2, 0.25) is 11.2 Å². The summed E-state index contributed by atoms with van der Waals surface area (Å²) in [7, 11) is 0. The fourth-order valence-electron chi connectivity index (χ4n) is 2.99. The molecular formula is C19H25ClN6. The number of hydrogen-bond donors (Lipinski definition) is 1. The van der Waals surface area contributed by atoms with Crippen LogP contribution in [-0.2, 0) is 6.54 Å². The van der Waals surface area contributed by atoms with Crippen molar-refractivity contribution in [1.82, 2.24) is 19.5 Å². The van der Waals surface area contributed by atoms with Crippen molar-refractivity contribution in [3.05, 3.63) is 35.7 Å². The van der Waals surface area contributed by atoms with Crippen LogP contribution in [0.1, 0.15) is 34.6 Å². The first-order chi connectivity index (χ1) is 12.3. The molecule has 2 heterocycles. The molecule has 0 aliphatic rings. The van der Waals surface area contributed by atoms with Crippen LogP contribution in [0.5, 0.6) is 0 Å². The molecule has 0 atom stereocenters. The zero-order valence-corrected chi connectivity index (χ0v) is 16.7. The molecule has 0 aliphatic heterocycles. The average Bonchev–Trinajstić information content (AvgIpc) is 2.90. The number of fused-ring (bicyclic) bond motifs is 1. The van der Waals surface area contributed by atoms with Crippen LogP contribution in [0.2, 0.25) is 5.28 Å². The van der Waals surface area contributed by atoms with Crippen molar-refractivity contribution < 1.29 is 0 Å². The summed E-state index contributed by atoms with van der Waals surface area (Å²) >= 11 is 5.96. The number of rotatable bonds is 5. The minimum Gasteiger partial charge on any atom is -0.351 e. The van der Waals surface area contributed by atoms with Crippen LogP contribution in [-0.4, -0.2) is 31.6 Å². The summed E-state index contributed by atoms with van der Waals surface area (Å²) in [4.78, 5) is 15.2. The normalized spacial score (nSPS) is 11.8. The predicted molar refractivity (Wildman–Crippen MR) is 109 cm³/mol. The van der Waals surface area contributed by atoms with Crippen molar-refractivity contribution in [3.8, 4) is 0 Å². The number of nitrogens with zero attached hydrogens (tertiary/aromatic N) is 5. The Hall–Kier alpha value is -2.34. The molecule has 0 spiro atoms. The van der Waals surface area contributed by atoms with Crippen LogP contribution in [0.25, 0.3) is 11.0 Å². The lowest BCUT2D eigenvalue weighted by Crippen LogP contribution is -2.28. The van der Waals surface area contributed by atoms with Crippen LogP contribution < -0.4 is 10.2 Å². The molecule has 0 saturated carbocycles. The van der Waals surface area contributed by atoms with E-state index < -0.39 is 0 Å². The second kappa shape index (κ2) is 7.11. The van der Waals surface area contributed by atoms with Gasteiger partial charge in [0.25, 0.3) is 0 Å². The van der Waals surface area contributed by atoms with Crippen molar-refractivity contribution >= 4 is 40.1 Å². The van der Waals surface area contributed by atoms with E-state index >= 15 is 0 Å². The molecule has 0 unspecified atom stereocenters. The van der Waals surface area contributed by atoms with Gasteiger partial charge >= 0.3 is 0 Å². The van der Waals surface area contributed by atoms with Gasteiger partial charge in [0, 0.05) is 30.5 Å². The van der Waals surface area contributed by atoms with E-state index in [9.17, 15) is 0 Å². The first-order valence-electron chi connectivity index (χ1n) is 8.87. The van der Waals surface area contributed by atoms with Gasteiger partial charge in [0.15, 0.2) is 0 Å². The van der Waals surface area contributed by atoms with Gasteiger partial charge in [-0.2, -0.15) is 0 Å². The van der Waals surface area contributed by atoms with E-state index in [4.69, 9.17) is 16.6 Å². The summed E-state index contributed by atoms with van der Waals surface area (Å²) in [6, 6.07) is 8.16. The molecule has 3 aromatic rings. The lowest BCUT2D eigenvalue weighted by atomic mass is 10.1. The van der Waals surface area contributed by atoms with Gasteiger partial charge in [-0.1, -0.05) is 0 Å². The molecule has 2 aromatic heterocycles. The van der Waals surface area contributed by atoms with Crippen molar-refractivity contribution in [2.75, 3.05) is 16.8 Å². The second-order valence-corrected chi connectivity index (χ2v) is 7.49. The number of aryl methyl sites for hydroxylation is 1. The van der Waals surface area contributed by atoms with E-state index in [0.717, 1.165) is 41.6 Å². The molecule has 0 saturated heterocycles. The second-order valence-electron chi connectivity index (χ2n) is 7.16. The zero-order valence-electron chi connectivity index (χ0n) is 15.9. The largest absolute Gasteiger partial charge is 0.351 e. The molecule has 0 aliphatic carbocycles. The Morgan fingerprint density at radius 1 is 1.15 bits per heavy atom. The SMILES string of the molecule is CCN(c1ccc2c(c1)nc(NC(C)(C)C)n2CC)c1ccnc(Cl)n1. The Labute approximate surface area is 159 Å². The summed E-state index contributed by atoms with van der Waals surface area (Å²) in [5.41, 5.74) is 3.04. The van der Waals surface area contributed by atoms with Crippen LogP contribution in [0.3, 0.4) is 0 Å². The Bertz CT molecular complexity index is 912. The highest BCUT2D eigenvalue weighted by molar-refractivity contribution is 6.28. The Morgan fingerprint density at radius 2 is 1.92 bits per heavy atom. The number of aromatic nitrogens is 4. The van der Waals surface area contributed by atoms with Crippen molar-refractivity contribution in [1.29, 1.82) is 0 Å². The summed E-state index contributed by atoms with van der Waals surface area (Å²) < 4.78 is 2.20. The van der Waals surface area contributed by atoms with Crippen molar-refractivity contribution in [2.45, 2.75) is 46.7 Å². The van der Waals surface area contributed by atoms with Crippen LogP contribution >= 0.6 is 11.6 Å². The molecular weight excluding hydrogens is 348 g/mol. The highest BCUT2D eigenvalue weighted by Crippen LogP contribution is 2.29. The molecule has 138 valence electrons. The summed E-state index contributed by atoms with van der Waals surface area (Å²) in [5, 5.41) is 3.74. The van der Waals surface area contributed by atoms with Gasteiger partial charge in [-0.05, 0) is 70.5 Å². The van der Waals surface area contributed by atoms with E-state index in [0.29, 0.717) is 0 Å². The Balaban J connectivity index is 2.05. The molecule has 1 aromatic carbocycles. The molecule has 3 rings (SSSR count). The number of hydrogen-bond acceptors (Lipinski definition) is 5. The molecule has 0 amide bonds. The third-order valence-electron chi connectivity index (χ3n) is 4.05. The van der Waals surface area contributed by atoms with E-state index in [1.807, 2.05) is 6.07 Å². The van der Waals surface area contributed by atoms with Gasteiger partial charge in [0.05, 0.1) is 11.0 Å².